The molecule has 1 unspecified atom stereocenters. The number of ketones is 1. The fourth-order valence-electron chi connectivity index (χ4n) is 1.56. The van der Waals surface area contributed by atoms with Gasteiger partial charge in [-0.2, -0.15) is 0 Å². The van der Waals surface area contributed by atoms with Crippen molar-refractivity contribution >= 4 is 39.8 Å². The van der Waals surface area contributed by atoms with E-state index in [0.717, 1.165) is 6.07 Å². The lowest BCUT2D eigenvalue weighted by Crippen LogP contribution is -2.11. The third-order valence-electron chi connectivity index (χ3n) is 2.56. The molecule has 0 amide bonds. The van der Waals surface area contributed by atoms with E-state index in [-0.39, 0.29) is 21.5 Å². The smallest absolute Gasteiger partial charge is 0.175 e. The quantitative estimate of drug-likeness (QED) is 0.790. The topological polar surface area (TPSA) is 34.1 Å². The van der Waals surface area contributed by atoms with Crippen molar-refractivity contribution in [2.45, 2.75) is 4.90 Å². The molecule has 0 N–H and O–H groups in total. The van der Waals surface area contributed by atoms with Crippen LogP contribution >= 0.6 is 23.2 Å². The largest absolute Gasteiger partial charge is 0.293 e. The Kier molecular flexibility index (Phi) is 4.91. The number of benzene rings is 2. The number of carbonyl (C=O) groups excluding carboxylic acids is 1. The van der Waals surface area contributed by atoms with Gasteiger partial charge in [-0.05, 0) is 36.4 Å². The molecular formula is C14H9Cl2FO2S. The standard InChI is InChI=1S/C14H9Cl2FO2S/c15-12-5-4-9(6-13(12)16)14(18)8-20(19)11-3-1-2-10(17)7-11/h1-7H,8H2. The Balaban J connectivity index is 2.15. The van der Waals surface area contributed by atoms with E-state index >= 15 is 0 Å². The molecule has 2 aromatic carbocycles. The van der Waals surface area contributed by atoms with Crippen molar-refractivity contribution in [3.05, 3.63) is 63.9 Å². The molecule has 0 radical (unpaired) electrons. The van der Waals surface area contributed by atoms with Crippen molar-refractivity contribution in [1.82, 2.24) is 0 Å². The van der Waals surface area contributed by atoms with Crippen molar-refractivity contribution in [3.8, 4) is 0 Å². The Morgan fingerprint density at radius 2 is 1.85 bits per heavy atom. The average molecular weight is 331 g/mol. The van der Waals surface area contributed by atoms with Crippen LogP contribution in [0.3, 0.4) is 0 Å². The second-order valence-corrected chi connectivity index (χ2v) is 6.26. The molecule has 2 nitrogen and oxygen atoms in total. The number of halogens is 3. The van der Waals surface area contributed by atoms with E-state index in [9.17, 15) is 13.4 Å². The molecule has 1 atom stereocenters. The summed E-state index contributed by atoms with van der Waals surface area (Å²) in [7, 11) is -1.60. The predicted molar refractivity (Wildman–Crippen MR) is 78.5 cm³/mol. The molecule has 104 valence electrons. The Labute approximate surface area is 128 Å². The Morgan fingerprint density at radius 1 is 1.10 bits per heavy atom. The van der Waals surface area contributed by atoms with Crippen LogP contribution < -0.4 is 0 Å². The Hall–Kier alpha value is -1.23. The molecular weight excluding hydrogens is 322 g/mol. The molecule has 6 heteroatoms. The van der Waals surface area contributed by atoms with Crippen molar-refractivity contribution in [2.75, 3.05) is 5.75 Å². The monoisotopic (exact) mass is 330 g/mol. The number of rotatable bonds is 4. The van der Waals surface area contributed by atoms with E-state index in [1.54, 1.807) is 0 Å². The summed E-state index contributed by atoms with van der Waals surface area (Å²) < 4.78 is 25.0. The minimum atomic E-state index is -1.60. The van der Waals surface area contributed by atoms with Crippen LogP contribution in [0.15, 0.2) is 47.4 Å². The summed E-state index contributed by atoms with van der Waals surface area (Å²) >= 11 is 11.6. The Morgan fingerprint density at radius 3 is 2.50 bits per heavy atom. The number of hydrogen-bond donors (Lipinski definition) is 0. The van der Waals surface area contributed by atoms with Crippen LogP contribution in [0.5, 0.6) is 0 Å². The highest BCUT2D eigenvalue weighted by Crippen LogP contribution is 2.23. The minimum Gasteiger partial charge on any atom is -0.293 e. The summed E-state index contributed by atoms with van der Waals surface area (Å²) in [6.45, 7) is 0. The van der Waals surface area contributed by atoms with E-state index in [1.807, 2.05) is 0 Å². The predicted octanol–water partition coefficient (Wildman–Crippen LogP) is 4.12. The molecule has 20 heavy (non-hydrogen) atoms. The van der Waals surface area contributed by atoms with Gasteiger partial charge in [-0.15, -0.1) is 0 Å². The Bertz CT molecular complexity index is 689. The minimum absolute atomic E-state index is 0.235. The third kappa shape index (κ3) is 3.66. The highest BCUT2D eigenvalue weighted by molar-refractivity contribution is 7.85. The second kappa shape index (κ2) is 6.48. The fraction of sp³-hybridized carbons (Fsp3) is 0.0714. The number of hydrogen-bond acceptors (Lipinski definition) is 2. The van der Waals surface area contributed by atoms with Gasteiger partial charge in [-0.25, -0.2) is 4.39 Å². The highest BCUT2D eigenvalue weighted by Gasteiger charge is 2.14. The molecule has 0 bridgehead atoms. The van der Waals surface area contributed by atoms with E-state index in [0.29, 0.717) is 10.6 Å². The van der Waals surface area contributed by atoms with Gasteiger partial charge < -0.3 is 0 Å². The lowest BCUT2D eigenvalue weighted by molar-refractivity contribution is 0.102. The van der Waals surface area contributed by atoms with Crippen LogP contribution in [0.2, 0.25) is 10.0 Å². The third-order valence-corrected chi connectivity index (χ3v) is 4.61. The highest BCUT2D eigenvalue weighted by atomic mass is 35.5. The van der Waals surface area contributed by atoms with Gasteiger partial charge in [0, 0.05) is 10.5 Å². The van der Waals surface area contributed by atoms with Crippen LogP contribution in [0, 0.1) is 5.82 Å². The van der Waals surface area contributed by atoms with Gasteiger partial charge in [0.2, 0.25) is 0 Å². The first-order chi connectivity index (χ1) is 9.47. The zero-order valence-electron chi connectivity index (χ0n) is 10.1. The van der Waals surface area contributed by atoms with Crippen LogP contribution in [-0.4, -0.2) is 15.7 Å². The van der Waals surface area contributed by atoms with Crippen LogP contribution in [0.25, 0.3) is 0 Å². The summed E-state index contributed by atoms with van der Waals surface area (Å²) in [4.78, 5) is 12.3. The molecule has 2 aromatic rings. The average Bonchev–Trinajstić information content (AvgIpc) is 2.41. The van der Waals surface area contributed by atoms with Crippen molar-refractivity contribution < 1.29 is 13.4 Å². The van der Waals surface area contributed by atoms with E-state index in [1.165, 1.54) is 36.4 Å². The van der Waals surface area contributed by atoms with Gasteiger partial charge in [0.15, 0.2) is 5.78 Å². The molecule has 0 aliphatic rings. The van der Waals surface area contributed by atoms with Gasteiger partial charge in [0.05, 0.1) is 26.6 Å². The SMILES string of the molecule is O=C(CS(=O)c1cccc(F)c1)c1ccc(Cl)c(Cl)c1. The van der Waals surface area contributed by atoms with Gasteiger partial charge >= 0.3 is 0 Å². The first-order valence-electron chi connectivity index (χ1n) is 5.59. The van der Waals surface area contributed by atoms with Gasteiger partial charge in [-0.3, -0.25) is 9.00 Å². The summed E-state index contributed by atoms with van der Waals surface area (Å²) in [5.74, 6) is -1.06. The molecule has 0 saturated heterocycles. The van der Waals surface area contributed by atoms with Gasteiger partial charge in [-0.1, -0.05) is 29.3 Å². The van der Waals surface area contributed by atoms with E-state index < -0.39 is 16.6 Å². The van der Waals surface area contributed by atoms with E-state index in [2.05, 4.69) is 0 Å². The lowest BCUT2D eigenvalue weighted by atomic mass is 10.1. The summed E-state index contributed by atoms with van der Waals surface area (Å²) in [5.41, 5.74) is 0.323. The van der Waals surface area contributed by atoms with Crippen LogP contribution in [-0.2, 0) is 10.8 Å². The molecule has 0 aliphatic carbocycles. The zero-order chi connectivity index (χ0) is 14.7. The maximum atomic E-state index is 13.0. The summed E-state index contributed by atoms with van der Waals surface area (Å²) in [5, 5.41) is 0.600. The molecule has 0 fully saturated rings. The maximum absolute atomic E-state index is 13.0. The molecule has 0 aliphatic heterocycles. The van der Waals surface area contributed by atoms with E-state index in [4.69, 9.17) is 23.2 Å². The maximum Gasteiger partial charge on any atom is 0.175 e. The van der Waals surface area contributed by atoms with Gasteiger partial charge in [0.25, 0.3) is 0 Å². The first-order valence-corrected chi connectivity index (χ1v) is 7.67. The molecule has 0 aromatic heterocycles. The van der Waals surface area contributed by atoms with Gasteiger partial charge in [0.1, 0.15) is 5.82 Å². The summed E-state index contributed by atoms with van der Waals surface area (Å²) in [6, 6.07) is 9.81. The zero-order valence-corrected chi connectivity index (χ0v) is 12.4. The van der Waals surface area contributed by atoms with Crippen molar-refractivity contribution in [2.24, 2.45) is 0 Å². The van der Waals surface area contributed by atoms with Crippen molar-refractivity contribution in [1.29, 1.82) is 0 Å². The fourth-order valence-corrected chi connectivity index (χ4v) is 2.91. The molecule has 0 spiro atoms. The number of carbonyl (C=O) groups is 1. The van der Waals surface area contributed by atoms with Crippen molar-refractivity contribution in [3.63, 3.8) is 0 Å². The molecule has 0 saturated carbocycles. The second-order valence-electron chi connectivity index (χ2n) is 4.00. The molecule has 0 heterocycles. The normalized spacial score (nSPS) is 12.2. The first kappa shape index (κ1) is 15.2. The number of Topliss-reactive ketones (excluding diaryl/α,β-unsaturated/α-hetero) is 1. The summed E-state index contributed by atoms with van der Waals surface area (Å²) in [6.07, 6.45) is 0. The lowest BCUT2D eigenvalue weighted by Gasteiger charge is -2.04. The molecule has 2 rings (SSSR count). The van der Waals surface area contributed by atoms with Crippen LogP contribution in [0.1, 0.15) is 10.4 Å². The van der Waals surface area contributed by atoms with Crippen LogP contribution in [0.4, 0.5) is 4.39 Å².